The zero-order chi connectivity index (χ0) is 12.4. The number of nitrogens with two attached hydrogens (primary N) is 1. The molecular formula is C11H12N2O3S. The zero-order valence-electron chi connectivity index (χ0n) is 8.91. The van der Waals surface area contributed by atoms with Crippen LogP contribution in [0.2, 0.25) is 0 Å². The summed E-state index contributed by atoms with van der Waals surface area (Å²) in [5, 5.41) is 19.4. The molecule has 0 bridgehead atoms. The van der Waals surface area contributed by atoms with Crippen molar-refractivity contribution in [3.8, 4) is 0 Å². The van der Waals surface area contributed by atoms with E-state index in [-0.39, 0.29) is 6.42 Å². The van der Waals surface area contributed by atoms with E-state index >= 15 is 0 Å². The van der Waals surface area contributed by atoms with E-state index in [0.717, 1.165) is 10.2 Å². The molecule has 0 spiro atoms. The molecule has 5 nitrogen and oxygen atoms in total. The van der Waals surface area contributed by atoms with Gasteiger partial charge in [0.05, 0.1) is 28.3 Å². The summed E-state index contributed by atoms with van der Waals surface area (Å²) < 4.78 is 1.00. The van der Waals surface area contributed by atoms with E-state index in [2.05, 4.69) is 4.98 Å². The third-order valence-corrected chi connectivity index (χ3v) is 3.28. The summed E-state index contributed by atoms with van der Waals surface area (Å²) in [5.41, 5.74) is 7.96. The van der Waals surface area contributed by atoms with Crippen LogP contribution in [0.15, 0.2) is 23.7 Å². The smallest absolute Gasteiger partial charge is 0.220 e. The fourth-order valence-electron chi connectivity index (χ4n) is 1.60. The van der Waals surface area contributed by atoms with Crippen LogP contribution in [0.1, 0.15) is 18.1 Å². The largest absolute Gasteiger partial charge is 0.390 e. The molecule has 4 N–H and O–H groups in total. The van der Waals surface area contributed by atoms with Crippen LogP contribution in [0.25, 0.3) is 10.2 Å². The summed E-state index contributed by atoms with van der Waals surface area (Å²) >= 11 is 1.50. The SMILES string of the molecule is NC(=O)CC(O)C(O)c1ccc2scnc2c1. The molecule has 1 aromatic heterocycles. The Kier molecular flexibility index (Phi) is 3.37. The molecule has 0 aliphatic heterocycles. The lowest BCUT2D eigenvalue weighted by atomic mass is 10.0. The molecule has 0 saturated carbocycles. The number of aliphatic hydroxyl groups excluding tert-OH is 2. The van der Waals surface area contributed by atoms with E-state index in [1.54, 1.807) is 17.6 Å². The number of thiazole rings is 1. The normalized spacial score (nSPS) is 14.7. The lowest BCUT2D eigenvalue weighted by molar-refractivity contribution is -0.121. The molecule has 0 aliphatic carbocycles. The summed E-state index contributed by atoms with van der Waals surface area (Å²) in [6.07, 6.45) is -2.59. The van der Waals surface area contributed by atoms with Crippen molar-refractivity contribution in [1.29, 1.82) is 0 Å². The number of aliphatic hydroxyl groups is 2. The van der Waals surface area contributed by atoms with Crippen LogP contribution in [0, 0.1) is 0 Å². The van der Waals surface area contributed by atoms with Gasteiger partial charge >= 0.3 is 0 Å². The molecule has 6 heteroatoms. The van der Waals surface area contributed by atoms with Crippen LogP contribution in [0.3, 0.4) is 0 Å². The molecule has 2 aromatic rings. The van der Waals surface area contributed by atoms with Crippen molar-refractivity contribution in [3.05, 3.63) is 29.3 Å². The van der Waals surface area contributed by atoms with E-state index in [1.165, 1.54) is 11.3 Å². The number of primary amides is 1. The van der Waals surface area contributed by atoms with Gasteiger partial charge in [-0.1, -0.05) is 6.07 Å². The van der Waals surface area contributed by atoms with Crippen LogP contribution in [-0.4, -0.2) is 27.2 Å². The van der Waals surface area contributed by atoms with Gasteiger partial charge in [-0.05, 0) is 17.7 Å². The zero-order valence-corrected chi connectivity index (χ0v) is 9.72. The van der Waals surface area contributed by atoms with Crippen molar-refractivity contribution in [2.75, 3.05) is 0 Å². The minimum Gasteiger partial charge on any atom is -0.390 e. The molecular weight excluding hydrogens is 240 g/mol. The fourth-order valence-corrected chi connectivity index (χ4v) is 2.26. The van der Waals surface area contributed by atoms with E-state index in [0.29, 0.717) is 5.56 Å². The van der Waals surface area contributed by atoms with Gasteiger partial charge in [0, 0.05) is 0 Å². The van der Waals surface area contributed by atoms with Gasteiger partial charge in [0.2, 0.25) is 5.91 Å². The highest BCUT2D eigenvalue weighted by molar-refractivity contribution is 7.16. The second-order valence-corrected chi connectivity index (χ2v) is 4.65. The Hall–Kier alpha value is -1.50. The molecule has 2 rings (SSSR count). The number of rotatable bonds is 4. The minimum absolute atomic E-state index is 0.268. The highest BCUT2D eigenvalue weighted by Gasteiger charge is 2.20. The first kappa shape index (κ1) is 12.0. The number of nitrogens with zero attached hydrogens (tertiary/aromatic N) is 1. The van der Waals surface area contributed by atoms with Gasteiger partial charge in [0.25, 0.3) is 0 Å². The molecule has 1 amide bonds. The monoisotopic (exact) mass is 252 g/mol. The minimum atomic E-state index is -1.19. The second-order valence-electron chi connectivity index (χ2n) is 3.76. The molecule has 0 saturated heterocycles. The standard InChI is InChI=1S/C11H12N2O3S/c12-10(15)4-8(14)11(16)6-1-2-9-7(3-6)13-5-17-9/h1-3,5,8,11,14,16H,4H2,(H2,12,15). The van der Waals surface area contributed by atoms with Crippen LogP contribution in [0.4, 0.5) is 0 Å². The summed E-state index contributed by atoms with van der Waals surface area (Å²) in [6, 6.07) is 5.22. The van der Waals surface area contributed by atoms with Crippen LogP contribution in [-0.2, 0) is 4.79 Å². The molecule has 90 valence electrons. The number of benzene rings is 1. The van der Waals surface area contributed by atoms with Crippen LogP contribution >= 0.6 is 11.3 Å². The van der Waals surface area contributed by atoms with E-state index in [9.17, 15) is 15.0 Å². The van der Waals surface area contributed by atoms with Gasteiger partial charge in [-0.25, -0.2) is 4.98 Å². The fraction of sp³-hybridized carbons (Fsp3) is 0.273. The summed E-state index contributed by atoms with van der Waals surface area (Å²) in [4.78, 5) is 14.8. The van der Waals surface area contributed by atoms with E-state index in [4.69, 9.17) is 5.73 Å². The Balaban J connectivity index is 2.23. The predicted molar refractivity (Wildman–Crippen MR) is 64.4 cm³/mol. The van der Waals surface area contributed by atoms with Crippen molar-refractivity contribution < 1.29 is 15.0 Å². The van der Waals surface area contributed by atoms with Gasteiger partial charge in [-0.15, -0.1) is 11.3 Å². The van der Waals surface area contributed by atoms with Gasteiger partial charge in [-0.3, -0.25) is 4.79 Å². The number of amides is 1. The number of carbonyl (C=O) groups excluding carboxylic acids is 1. The van der Waals surface area contributed by atoms with Crippen molar-refractivity contribution >= 4 is 27.5 Å². The quantitative estimate of drug-likeness (QED) is 0.741. The van der Waals surface area contributed by atoms with Crippen LogP contribution < -0.4 is 5.73 Å². The molecule has 1 heterocycles. The Morgan fingerprint density at radius 3 is 2.94 bits per heavy atom. The van der Waals surface area contributed by atoms with E-state index < -0.39 is 18.1 Å². The topological polar surface area (TPSA) is 96.4 Å². The molecule has 1 aromatic carbocycles. The van der Waals surface area contributed by atoms with Gasteiger partial charge in [-0.2, -0.15) is 0 Å². The molecule has 2 atom stereocenters. The van der Waals surface area contributed by atoms with Gasteiger partial charge in [0.1, 0.15) is 6.10 Å². The lowest BCUT2D eigenvalue weighted by Gasteiger charge is -2.16. The highest BCUT2D eigenvalue weighted by atomic mass is 32.1. The molecule has 0 fully saturated rings. The first-order chi connectivity index (χ1) is 8.08. The first-order valence-corrected chi connectivity index (χ1v) is 5.93. The Morgan fingerprint density at radius 2 is 2.24 bits per heavy atom. The van der Waals surface area contributed by atoms with Crippen molar-refractivity contribution in [2.45, 2.75) is 18.6 Å². The average molecular weight is 252 g/mol. The molecule has 17 heavy (non-hydrogen) atoms. The number of aromatic nitrogens is 1. The van der Waals surface area contributed by atoms with Crippen molar-refractivity contribution in [3.63, 3.8) is 0 Å². The Bertz CT molecular complexity index is 540. The Morgan fingerprint density at radius 1 is 1.47 bits per heavy atom. The van der Waals surface area contributed by atoms with Crippen molar-refractivity contribution in [2.24, 2.45) is 5.73 Å². The van der Waals surface area contributed by atoms with Crippen LogP contribution in [0.5, 0.6) is 0 Å². The number of carbonyl (C=O) groups is 1. The maximum absolute atomic E-state index is 10.7. The maximum atomic E-state index is 10.7. The summed E-state index contributed by atoms with van der Waals surface area (Å²) in [6.45, 7) is 0. The van der Waals surface area contributed by atoms with Gasteiger partial charge < -0.3 is 15.9 Å². The molecule has 0 aliphatic rings. The maximum Gasteiger partial charge on any atom is 0.220 e. The lowest BCUT2D eigenvalue weighted by Crippen LogP contribution is -2.25. The average Bonchev–Trinajstić information content (AvgIpc) is 2.73. The molecule has 0 radical (unpaired) electrons. The Labute approximate surface area is 102 Å². The number of fused-ring (bicyclic) bond motifs is 1. The second kappa shape index (κ2) is 4.79. The summed E-state index contributed by atoms with van der Waals surface area (Å²) in [7, 11) is 0. The highest BCUT2D eigenvalue weighted by Crippen LogP contribution is 2.24. The first-order valence-electron chi connectivity index (χ1n) is 5.05. The van der Waals surface area contributed by atoms with Gasteiger partial charge in [0.15, 0.2) is 0 Å². The predicted octanol–water partition coefficient (Wildman–Crippen LogP) is 0.566. The molecule has 2 unspecified atom stereocenters. The third-order valence-electron chi connectivity index (χ3n) is 2.47. The number of hydrogen-bond acceptors (Lipinski definition) is 5. The number of hydrogen-bond donors (Lipinski definition) is 3. The van der Waals surface area contributed by atoms with E-state index in [1.807, 2.05) is 6.07 Å². The third kappa shape index (κ3) is 2.60. The van der Waals surface area contributed by atoms with Crippen molar-refractivity contribution in [1.82, 2.24) is 4.98 Å². The summed E-state index contributed by atoms with van der Waals surface area (Å²) in [5.74, 6) is -0.647.